The third kappa shape index (κ3) is 4.72. The molecule has 3 rings (SSSR count). The molecule has 3 nitrogen and oxygen atoms in total. The van der Waals surface area contributed by atoms with E-state index in [9.17, 15) is 0 Å². The molecule has 2 fully saturated rings. The van der Waals surface area contributed by atoms with Gasteiger partial charge in [-0.25, -0.2) is 0 Å². The van der Waals surface area contributed by atoms with Crippen molar-refractivity contribution < 1.29 is 0 Å². The third-order valence-electron chi connectivity index (χ3n) is 4.92. The molecule has 0 radical (unpaired) electrons. The van der Waals surface area contributed by atoms with Gasteiger partial charge in [-0.2, -0.15) is 11.8 Å². The summed E-state index contributed by atoms with van der Waals surface area (Å²) in [5, 5.41) is 3.87. The molecule has 4 heteroatoms. The first-order valence-corrected chi connectivity index (χ1v) is 9.73. The predicted molar refractivity (Wildman–Crippen MR) is 96.6 cm³/mol. The first-order chi connectivity index (χ1) is 10.8. The zero-order valence-electron chi connectivity index (χ0n) is 13.7. The lowest BCUT2D eigenvalue weighted by Crippen LogP contribution is -2.47. The van der Waals surface area contributed by atoms with Crippen LogP contribution in [0, 0.1) is 5.92 Å². The fourth-order valence-electron chi connectivity index (χ4n) is 3.32. The van der Waals surface area contributed by atoms with Crippen molar-refractivity contribution in [3.63, 3.8) is 0 Å². The van der Waals surface area contributed by atoms with Crippen LogP contribution in [0.5, 0.6) is 0 Å². The summed E-state index contributed by atoms with van der Waals surface area (Å²) in [6, 6.07) is 11.5. The lowest BCUT2D eigenvalue weighted by Gasteiger charge is -2.35. The Morgan fingerprint density at radius 2 is 1.95 bits per heavy atom. The van der Waals surface area contributed by atoms with Gasteiger partial charge in [-0.05, 0) is 43.0 Å². The summed E-state index contributed by atoms with van der Waals surface area (Å²) in [7, 11) is 2.22. The van der Waals surface area contributed by atoms with Crippen molar-refractivity contribution in [2.75, 3.05) is 57.8 Å². The second-order valence-electron chi connectivity index (χ2n) is 6.71. The second-order valence-corrected chi connectivity index (χ2v) is 7.85. The Morgan fingerprint density at radius 3 is 2.64 bits per heavy atom. The van der Waals surface area contributed by atoms with E-state index in [1.54, 1.807) is 0 Å². The number of rotatable bonds is 6. The SMILES string of the molecule is CN1CCN(CC(NCC2CCSC2)c2ccccc2)CC1. The molecule has 0 saturated carbocycles. The molecule has 2 unspecified atom stereocenters. The highest BCUT2D eigenvalue weighted by Gasteiger charge is 2.21. The van der Waals surface area contributed by atoms with Gasteiger partial charge in [0.2, 0.25) is 0 Å². The van der Waals surface area contributed by atoms with Crippen molar-refractivity contribution in [1.29, 1.82) is 0 Å². The average molecular weight is 320 g/mol. The Morgan fingerprint density at radius 1 is 1.18 bits per heavy atom. The Bertz CT molecular complexity index is 425. The molecule has 2 atom stereocenters. The summed E-state index contributed by atoms with van der Waals surface area (Å²) in [5.74, 6) is 3.55. The molecule has 0 aliphatic carbocycles. The van der Waals surface area contributed by atoms with Crippen molar-refractivity contribution in [3.8, 4) is 0 Å². The van der Waals surface area contributed by atoms with E-state index < -0.39 is 0 Å². The van der Waals surface area contributed by atoms with Gasteiger partial charge in [-0.3, -0.25) is 4.90 Å². The van der Waals surface area contributed by atoms with Gasteiger partial charge in [0.05, 0.1) is 0 Å². The smallest absolute Gasteiger partial charge is 0.0449 e. The zero-order chi connectivity index (χ0) is 15.2. The van der Waals surface area contributed by atoms with Gasteiger partial charge in [0, 0.05) is 38.8 Å². The van der Waals surface area contributed by atoms with Crippen molar-refractivity contribution in [2.24, 2.45) is 5.92 Å². The molecule has 2 aliphatic heterocycles. The summed E-state index contributed by atoms with van der Waals surface area (Å²) in [6.45, 7) is 7.08. The monoisotopic (exact) mass is 319 g/mol. The van der Waals surface area contributed by atoms with Crippen LogP contribution in [0.4, 0.5) is 0 Å². The molecule has 122 valence electrons. The summed E-state index contributed by atoms with van der Waals surface area (Å²) in [5.41, 5.74) is 1.44. The summed E-state index contributed by atoms with van der Waals surface area (Å²) in [6.07, 6.45) is 1.38. The molecule has 2 aliphatic rings. The number of thioether (sulfide) groups is 1. The number of nitrogens with one attached hydrogen (secondary N) is 1. The first kappa shape index (κ1) is 16.3. The van der Waals surface area contributed by atoms with Crippen LogP contribution in [0.2, 0.25) is 0 Å². The van der Waals surface area contributed by atoms with E-state index in [1.807, 2.05) is 0 Å². The van der Waals surface area contributed by atoms with Crippen LogP contribution in [0.15, 0.2) is 30.3 Å². The molecule has 1 aromatic carbocycles. The Labute approximate surface area is 139 Å². The molecule has 1 N–H and O–H groups in total. The minimum Gasteiger partial charge on any atom is -0.309 e. The first-order valence-electron chi connectivity index (χ1n) is 8.58. The van der Waals surface area contributed by atoms with Crippen LogP contribution in [0.3, 0.4) is 0 Å². The van der Waals surface area contributed by atoms with E-state index in [0.717, 1.165) is 12.5 Å². The predicted octanol–water partition coefficient (Wildman–Crippen LogP) is 2.32. The number of benzene rings is 1. The Hall–Kier alpha value is -0.550. The van der Waals surface area contributed by atoms with E-state index in [-0.39, 0.29) is 0 Å². The summed E-state index contributed by atoms with van der Waals surface area (Å²) in [4.78, 5) is 5.05. The maximum absolute atomic E-state index is 3.87. The van der Waals surface area contributed by atoms with Gasteiger partial charge < -0.3 is 10.2 Å². The maximum Gasteiger partial charge on any atom is 0.0449 e. The van der Waals surface area contributed by atoms with E-state index in [0.29, 0.717) is 6.04 Å². The lowest BCUT2D eigenvalue weighted by molar-refractivity contribution is 0.141. The van der Waals surface area contributed by atoms with Crippen LogP contribution in [0.25, 0.3) is 0 Å². The van der Waals surface area contributed by atoms with E-state index in [4.69, 9.17) is 0 Å². The topological polar surface area (TPSA) is 18.5 Å². The molecular weight excluding hydrogens is 290 g/mol. The lowest BCUT2D eigenvalue weighted by atomic mass is 10.0. The number of likely N-dealkylation sites (N-methyl/N-ethyl adjacent to an activating group) is 1. The summed E-state index contributed by atoms with van der Waals surface area (Å²) >= 11 is 2.11. The molecule has 0 bridgehead atoms. The minimum absolute atomic E-state index is 0.468. The van der Waals surface area contributed by atoms with Crippen molar-refractivity contribution >= 4 is 11.8 Å². The zero-order valence-corrected chi connectivity index (χ0v) is 14.5. The molecule has 0 aromatic heterocycles. The molecule has 1 aromatic rings. The molecule has 2 saturated heterocycles. The summed E-state index contributed by atoms with van der Waals surface area (Å²) < 4.78 is 0. The Kier molecular flexibility index (Phi) is 6.19. The standard InChI is InChI=1S/C18H29N3S/c1-20-8-10-21(11-9-20)14-18(17-5-3-2-4-6-17)19-13-16-7-12-22-15-16/h2-6,16,18-19H,7-15H2,1H3. The fourth-order valence-corrected chi connectivity index (χ4v) is 4.60. The highest BCUT2D eigenvalue weighted by atomic mass is 32.2. The van der Waals surface area contributed by atoms with Crippen molar-refractivity contribution in [3.05, 3.63) is 35.9 Å². The van der Waals surface area contributed by atoms with Crippen LogP contribution in [-0.4, -0.2) is 67.6 Å². The third-order valence-corrected chi connectivity index (χ3v) is 6.15. The quantitative estimate of drug-likeness (QED) is 0.867. The minimum atomic E-state index is 0.468. The molecule has 22 heavy (non-hydrogen) atoms. The second kappa shape index (κ2) is 8.34. The largest absolute Gasteiger partial charge is 0.309 e. The van der Waals surface area contributed by atoms with Gasteiger partial charge >= 0.3 is 0 Å². The van der Waals surface area contributed by atoms with Gasteiger partial charge in [0.15, 0.2) is 0 Å². The van der Waals surface area contributed by atoms with Gasteiger partial charge in [0.25, 0.3) is 0 Å². The van der Waals surface area contributed by atoms with Crippen LogP contribution < -0.4 is 5.32 Å². The molecular formula is C18H29N3S. The van der Waals surface area contributed by atoms with E-state index in [1.165, 1.54) is 56.2 Å². The van der Waals surface area contributed by atoms with Crippen molar-refractivity contribution in [2.45, 2.75) is 12.5 Å². The maximum atomic E-state index is 3.87. The van der Waals surface area contributed by atoms with Crippen molar-refractivity contribution in [1.82, 2.24) is 15.1 Å². The number of piperazine rings is 1. The Balaban J connectivity index is 1.58. The average Bonchev–Trinajstić information content (AvgIpc) is 3.07. The number of nitrogens with zero attached hydrogens (tertiary/aromatic N) is 2. The van der Waals surface area contributed by atoms with E-state index >= 15 is 0 Å². The number of hydrogen-bond acceptors (Lipinski definition) is 4. The molecule has 0 amide bonds. The van der Waals surface area contributed by atoms with Gasteiger partial charge in [-0.1, -0.05) is 30.3 Å². The number of hydrogen-bond donors (Lipinski definition) is 1. The van der Waals surface area contributed by atoms with Crippen LogP contribution in [-0.2, 0) is 0 Å². The van der Waals surface area contributed by atoms with Crippen LogP contribution >= 0.6 is 11.8 Å². The molecule has 0 spiro atoms. The highest BCUT2D eigenvalue weighted by Crippen LogP contribution is 2.24. The fraction of sp³-hybridized carbons (Fsp3) is 0.667. The van der Waals surface area contributed by atoms with Gasteiger partial charge in [0.1, 0.15) is 0 Å². The normalized spacial score (nSPS) is 25.4. The van der Waals surface area contributed by atoms with Gasteiger partial charge in [-0.15, -0.1) is 0 Å². The highest BCUT2D eigenvalue weighted by molar-refractivity contribution is 7.99. The van der Waals surface area contributed by atoms with Crippen LogP contribution in [0.1, 0.15) is 18.0 Å². The van der Waals surface area contributed by atoms with E-state index in [2.05, 4.69) is 64.3 Å². The molecule has 2 heterocycles.